The maximum atomic E-state index is 11.0. The van der Waals surface area contributed by atoms with Crippen molar-refractivity contribution in [2.45, 2.75) is 129 Å². The molecule has 32 heavy (non-hydrogen) atoms. The maximum absolute atomic E-state index is 11.0. The highest BCUT2D eigenvalue weighted by atomic mass is 16.3. The zero-order chi connectivity index (χ0) is 22.7. The van der Waals surface area contributed by atoms with Gasteiger partial charge in [-0.2, -0.15) is 0 Å². The number of hydrogen-bond acceptors (Lipinski definition) is 2. The molecule has 5 aliphatic rings. The van der Waals surface area contributed by atoms with Crippen LogP contribution in [0.5, 0.6) is 0 Å². The summed E-state index contributed by atoms with van der Waals surface area (Å²) in [6.07, 6.45) is 19.6. The van der Waals surface area contributed by atoms with Gasteiger partial charge in [-0.05, 0) is 130 Å². The van der Waals surface area contributed by atoms with Crippen LogP contribution < -0.4 is 0 Å². The second-order valence-electron chi connectivity index (χ2n) is 13.4. The first-order valence-corrected chi connectivity index (χ1v) is 14.3. The van der Waals surface area contributed by atoms with Crippen LogP contribution in [0.1, 0.15) is 118 Å². The van der Waals surface area contributed by atoms with Gasteiger partial charge < -0.3 is 10.2 Å². The topological polar surface area (TPSA) is 40.5 Å². The zero-order valence-corrected chi connectivity index (χ0v) is 21.4. The van der Waals surface area contributed by atoms with E-state index in [2.05, 4.69) is 33.8 Å². The summed E-state index contributed by atoms with van der Waals surface area (Å²) in [6.45, 7) is 9.80. The Morgan fingerprint density at radius 3 is 2.44 bits per heavy atom. The Kier molecular flexibility index (Phi) is 6.14. The highest BCUT2D eigenvalue weighted by Gasteiger charge is 2.60. The van der Waals surface area contributed by atoms with Gasteiger partial charge in [0.25, 0.3) is 0 Å². The van der Waals surface area contributed by atoms with Crippen molar-refractivity contribution in [3.63, 3.8) is 0 Å². The van der Waals surface area contributed by atoms with Crippen molar-refractivity contribution >= 4 is 0 Å². The van der Waals surface area contributed by atoms with Crippen molar-refractivity contribution in [2.24, 2.45) is 46.3 Å². The third-order valence-electron chi connectivity index (χ3n) is 12.1. The lowest BCUT2D eigenvalue weighted by Gasteiger charge is -2.59. The van der Waals surface area contributed by atoms with Crippen molar-refractivity contribution in [3.05, 3.63) is 11.6 Å². The van der Waals surface area contributed by atoms with Crippen LogP contribution in [0.25, 0.3) is 0 Å². The van der Waals surface area contributed by atoms with Gasteiger partial charge in [0.05, 0.1) is 11.7 Å². The van der Waals surface area contributed by atoms with Crippen molar-refractivity contribution in [1.82, 2.24) is 0 Å². The van der Waals surface area contributed by atoms with E-state index in [1.54, 1.807) is 5.57 Å². The normalized spacial score (nSPS) is 47.8. The fraction of sp³-hybridized carbons (Fsp3) is 0.933. The summed E-state index contributed by atoms with van der Waals surface area (Å²) in [5.41, 5.74) is 2.00. The van der Waals surface area contributed by atoms with Crippen LogP contribution in [-0.2, 0) is 0 Å². The quantitative estimate of drug-likeness (QED) is 0.407. The molecule has 2 heteroatoms. The Morgan fingerprint density at radius 2 is 1.75 bits per heavy atom. The van der Waals surface area contributed by atoms with E-state index in [0.717, 1.165) is 55.3 Å². The molecule has 5 aliphatic carbocycles. The van der Waals surface area contributed by atoms with E-state index >= 15 is 0 Å². The van der Waals surface area contributed by atoms with Crippen molar-refractivity contribution in [3.8, 4) is 0 Å². The number of aliphatic hydroxyl groups is 2. The average molecular weight is 443 g/mol. The minimum absolute atomic E-state index is 0.0280. The monoisotopic (exact) mass is 442 g/mol. The maximum Gasteiger partial charge on any atom is 0.0682 e. The molecule has 0 amide bonds. The third kappa shape index (κ3) is 3.74. The van der Waals surface area contributed by atoms with Crippen LogP contribution in [-0.4, -0.2) is 21.9 Å². The fourth-order valence-electron chi connectivity index (χ4n) is 9.62. The second kappa shape index (κ2) is 8.40. The van der Waals surface area contributed by atoms with Gasteiger partial charge in [-0.15, -0.1) is 0 Å². The SMILES string of the molecule is CC[C@H](CC[C@@H](O)C1CC1)[C@H]1CC[C@H]2[C@@H]3CC=C4C[C@](O)(CC)CC[C@]4(C)[C@H]3CC[C@]12C. The minimum atomic E-state index is -0.445. The second-order valence-corrected chi connectivity index (χ2v) is 13.4. The molecule has 2 N–H and O–H groups in total. The molecule has 4 fully saturated rings. The van der Waals surface area contributed by atoms with Gasteiger partial charge in [0.1, 0.15) is 0 Å². The van der Waals surface area contributed by atoms with E-state index in [4.69, 9.17) is 0 Å². The van der Waals surface area contributed by atoms with E-state index < -0.39 is 5.60 Å². The molecule has 0 radical (unpaired) electrons. The minimum Gasteiger partial charge on any atom is -0.393 e. The van der Waals surface area contributed by atoms with Crippen LogP contribution >= 0.6 is 0 Å². The molecule has 0 spiro atoms. The first kappa shape index (κ1) is 23.4. The summed E-state index contributed by atoms with van der Waals surface area (Å²) in [6, 6.07) is 0. The van der Waals surface area contributed by atoms with E-state index in [0.29, 0.717) is 16.7 Å². The van der Waals surface area contributed by atoms with Crippen LogP contribution in [0.3, 0.4) is 0 Å². The van der Waals surface area contributed by atoms with E-state index in [1.807, 2.05) is 0 Å². The molecule has 0 aliphatic heterocycles. The smallest absolute Gasteiger partial charge is 0.0682 e. The summed E-state index contributed by atoms with van der Waals surface area (Å²) in [7, 11) is 0. The third-order valence-corrected chi connectivity index (χ3v) is 12.1. The van der Waals surface area contributed by atoms with Crippen molar-refractivity contribution < 1.29 is 10.2 Å². The predicted octanol–water partition coefficient (Wildman–Crippen LogP) is 7.28. The number of hydrogen-bond donors (Lipinski definition) is 2. The van der Waals surface area contributed by atoms with Crippen LogP contribution in [0.4, 0.5) is 0 Å². The molecule has 182 valence electrons. The summed E-state index contributed by atoms with van der Waals surface area (Å²) in [4.78, 5) is 0. The van der Waals surface area contributed by atoms with Crippen LogP contribution in [0, 0.1) is 46.3 Å². The van der Waals surface area contributed by atoms with Crippen LogP contribution in [0.15, 0.2) is 11.6 Å². The van der Waals surface area contributed by atoms with Gasteiger partial charge in [0, 0.05) is 0 Å². The molecule has 0 bridgehead atoms. The molecule has 0 heterocycles. The number of aliphatic hydroxyl groups excluding tert-OH is 1. The summed E-state index contributed by atoms with van der Waals surface area (Å²) in [5.74, 6) is 4.86. The molecule has 9 atom stereocenters. The van der Waals surface area contributed by atoms with Crippen LogP contribution in [0.2, 0.25) is 0 Å². The molecular weight excluding hydrogens is 392 g/mol. The standard InChI is InChI=1S/C30H50O2/c1-5-20(9-14-27(31)21-7-8-21)24-12-13-25-23-11-10-22-19-30(32,6-2)18-17-28(22,3)26(23)15-16-29(24,25)4/h10,20-21,23-27,31-32H,5-9,11-19H2,1-4H3/t20-,23+,24-,25+,26+,27-,28+,29-,30+/m1/s1. The Morgan fingerprint density at radius 1 is 0.969 bits per heavy atom. The summed E-state index contributed by atoms with van der Waals surface area (Å²) in [5, 5.41) is 21.5. The predicted molar refractivity (Wildman–Crippen MR) is 132 cm³/mol. The lowest BCUT2D eigenvalue weighted by atomic mass is 9.46. The molecule has 0 aromatic rings. The Bertz CT molecular complexity index is 724. The first-order chi connectivity index (χ1) is 15.2. The Labute approximate surface area is 197 Å². The molecule has 0 aromatic heterocycles. The molecule has 0 aromatic carbocycles. The van der Waals surface area contributed by atoms with E-state index in [-0.39, 0.29) is 6.10 Å². The van der Waals surface area contributed by atoms with Gasteiger partial charge in [-0.1, -0.05) is 45.8 Å². The lowest BCUT2D eigenvalue weighted by Crippen LogP contribution is -2.52. The lowest BCUT2D eigenvalue weighted by molar-refractivity contribution is -0.0767. The molecule has 0 saturated heterocycles. The van der Waals surface area contributed by atoms with Gasteiger partial charge >= 0.3 is 0 Å². The summed E-state index contributed by atoms with van der Waals surface area (Å²) >= 11 is 0. The highest BCUT2D eigenvalue weighted by Crippen LogP contribution is 2.68. The molecular formula is C30H50O2. The fourth-order valence-corrected chi connectivity index (χ4v) is 9.62. The van der Waals surface area contributed by atoms with Crippen molar-refractivity contribution in [2.75, 3.05) is 0 Å². The number of rotatable bonds is 7. The van der Waals surface area contributed by atoms with Gasteiger partial charge in [0.2, 0.25) is 0 Å². The Balaban J connectivity index is 1.32. The van der Waals surface area contributed by atoms with E-state index in [1.165, 1.54) is 64.2 Å². The summed E-state index contributed by atoms with van der Waals surface area (Å²) < 4.78 is 0. The first-order valence-electron chi connectivity index (χ1n) is 14.3. The van der Waals surface area contributed by atoms with Gasteiger partial charge in [-0.3, -0.25) is 0 Å². The number of allylic oxidation sites excluding steroid dienone is 1. The van der Waals surface area contributed by atoms with E-state index in [9.17, 15) is 10.2 Å². The zero-order valence-electron chi connectivity index (χ0n) is 21.4. The van der Waals surface area contributed by atoms with Crippen molar-refractivity contribution in [1.29, 1.82) is 0 Å². The molecule has 0 unspecified atom stereocenters. The van der Waals surface area contributed by atoms with Gasteiger partial charge in [-0.25, -0.2) is 0 Å². The van der Waals surface area contributed by atoms with Gasteiger partial charge in [0.15, 0.2) is 0 Å². The average Bonchev–Trinajstić information content (AvgIpc) is 3.57. The Hall–Kier alpha value is -0.340. The molecule has 2 nitrogen and oxygen atoms in total. The molecule has 4 saturated carbocycles. The number of fused-ring (bicyclic) bond motifs is 5. The highest BCUT2D eigenvalue weighted by molar-refractivity contribution is 5.27. The molecule has 5 rings (SSSR count). The largest absolute Gasteiger partial charge is 0.393 e.